The highest BCUT2D eigenvalue weighted by Gasteiger charge is 2.36. The topological polar surface area (TPSA) is 18.5 Å². The molecule has 3 heteroatoms. The molecule has 20 heavy (non-hydrogen) atoms. The molecule has 0 aliphatic heterocycles. The second-order valence-corrected chi connectivity index (χ2v) is 6.06. The lowest BCUT2D eigenvalue weighted by Crippen LogP contribution is -2.43. The Balaban J connectivity index is 4.20. The minimum Gasteiger partial charge on any atom is -0.350 e. The van der Waals surface area contributed by atoms with Gasteiger partial charge in [-0.25, -0.2) is 0 Å². The Bertz CT molecular complexity index is 192. The Morgan fingerprint density at radius 3 is 1.95 bits per heavy atom. The minimum atomic E-state index is -0.422. The van der Waals surface area contributed by atoms with Gasteiger partial charge in [0.1, 0.15) is 0 Å². The van der Waals surface area contributed by atoms with Crippen LogP contribution in [-0.4, -0.2) is 24.8 Å². The Morgan fingerprint density at radius 2 is 1.45 bits per heavy atom. The van der Waals surface area contributed by atoms with E-state index >= 15 is 0 Å². The molecule has 0 bridgehead atoms. The fourth-order valence-electron chi connectivity index (χ4n) is 2.81. The summed E-state index contributed by atoms with van der Waals surface area (Å²) in [5, 5.41) is 0. The summed E-state index contributed by atoms with van der Waals surface area (Å²) in [6, 6.07) is 0. The SMILES string of the molecule is CCCCCCCCC(C)C(CCS)(OCC)OCC. The van der Waals surface area contributed by atoms with Gasteiger partial charge in [-0.2, -0.15) is 12.6 Å². The van der Waals surface area contributed by atoms with E-state index in [2.05, 4.69) is 26.5 Å². The Labute approximate surface area is 132 Å². The molecular weight excluding hydrogens is 268 g/mol. The summed E-state index contributed by atoms with van der Waals surface area (Å²) in [6.45, 7) is 10.0. The maximum atomic E-state index is 6.00. The van der Waals surface area contributed by atoms with Crippen molar-refractivity contribution >= 4 is 12.6 Å². The lowest BCUT2D eigenvalue weighted by atomic mass is 9.91. The van der Waals surface area contributed by atoms with E-state index in [-0.39, 0.29) is 0 Å². The number of unbranched alkanes of at least 4 members (excludes halogenated alkanes) is 5. The lowest BCUT2D eigenvalue weighted by Gasteiger charge is -2.38. The summed E-state index contributed by atoms with van der Waals surface area (Å²) < 4.78 is 12.0. The molecular formula is C17H36O2S. The van der Waals surface area contributed by atoms with Crippen molar-refractivity contribution in [2.45, 2.75) is 84.8 Å². The van der Waals surface area contributed by atoms with Crippen molar-refractivity contribution in [2.24, 2.45) is 5.92 Å². The number of rotatable bonds is 14. The van der Waals surface area contributed by atoms with E-state index in [9.17, 15) is 0 Å². The molecule has 0 heterocycles. The average molecular weight is 305 g/mol. The van der Waals surface area contributed by atoms with Gasteiger partial charge in [0.2, 0.25) is 0 Å². The van der Waals surface area contributed by atoms with Crippen LogP contribution in [0.4, 0.5) is 0 Å². The molecule has 1 atom stereocenters. The van der Waals surface area contributed by atoms with Crippen LogP contribution in [0.2, 0.25) is 0 Å². The van der Waals surface area contributed by atoms with Crippen LogP contribution in [0.25, 0.3) is 0 Å². The fourth-order valence-corrected chi connectivity index (χ4v) is 3.12. The summed E-state index contributed by atoms with van der Waals surface area (Å²) in [6.07, 6.45) is 10.1. The average Bonchev–Trinajstić information content (AvgIpc) is 2.43. The highest BCUT2D eigenvalue weighted by atomic mass is 32.1. The maximum Gasteiger partial charge on any atom is 0.171 e. The van der Waals surface area contributed by atoms with E-state index in [1.54, 1.807) is 0 Å². The first-order chi connectivity index (χ1) is 9.66. The van der Waals surface area contributed by atoms with Gasteiger partial charge in [-0.3, -0.25) is 0 Å². The zero-order valence-electron chi connectivity index (χ0n) is 14.1. The van der Waals surface area contributed by atoms with E-state index < -0.39 is 5.79 Å². The van der Waals surface area contributed by atoms with Crippen LogP contribution in [0.15, 0.2) is 0 Å². The highest BCUT2D eigenvalue weighted by Crippen LogP contribution is 2.32. The van der Waals surface area contributed by atoms with Gasteiger partial charge in [0, 0.05) is 25.6 Å². The molecule has 122 valence electrons. The third-order valence-corrected chi connectivity index (χ3v) is 4.20. The Kier molecular flexibility index (Phi) is 13.1. The van der Waals surface area contributed by atoms with Gasteiger partial charge in [0.25, 0.3) is 0 Å². The van der Waals surface area contributed by atoms with Gasteiger partial charge >= 0.3 is 0 Å². The van der Waals surface area contributed by atoms with Crippen molar-refractivity contribution in [1.29, 1.82) is 0 Å². The normalized spacial score (nSPS) is 13.7. The standard InChI is InChI=1S/C17H36O2S/c1-5-8-9-10-11-12-13-16(4)17(14-15-20,18-6-2)19-7-3/h16,20H,5-15H2,1-4H3. The summed E-state index contributed by atoms with van der Waals surface area (Å²) >= 11 is 4.38. The molecule has 2 nitrogen and oxygen atoms in total. The first-order valence-corrected chi connectivity index (χ1v) is 9.18. The van der Waals surface area contributed by atoms with Crippen molar-refractivity contribution in [2.75, 3.05) is 19.0 Å². The van der Waals surface area contributed by atoms with Gasteiger partial charge < -0.3 is 9.47 Å². The lowest BCUT2D eigenvalue weighted by molar-refractivity contribution is -0.262. The third-order valence-electron chi connectivity index (χ3n) is 3.98. The third kappa shape index (κ3) is 7.90. The van der Waals surface area contributed by atoms with Crippen molar-refractivity contribution < 1.29 is 9.47 Å². The molecule has 0 aliphatic rings. The van der Waals surface area contributed by atoms with Crippen LogP contribution in [0.5, 0.6) is 0 Å². The molecule has 0 saturated heterocycles. The molecule has 0 aliphatic carbocycles. The maximum absolute atomic E-state index is 6.00. The molecule has 0 N–H and O–H groups in total. The van der Waals surface area contributed by atoms with Gasteiger partial charge in [0.05, 0.1) is 0 Å². The molecule has 0 aromatic carbocycles. The van der Waals surface area contributed by atoms with Gasteiger partial charge in [0.15, 0.2) is 5.79 Å². The molecule has 0 amide bonds. The summed E-state index contributed by atoms with van der Waals surface area (Å²) in [7, 11) is 0. The number of thiol groups is 1. The molecule has 0 fully saturated rings. The van der Waals surface area contributed by atoms with Crippen LogP contribution in [-0.2, 0) is 9.47 Å². The summed E-state index contributed by atoms with van der Waals surface area (Å²) in [5.74, 6) is 0.816. The van der Waals surface area contributed by atoms with Crippen LogP contribution >= 0.6 is 12.6 Å². The zero-order chi connectivity index (χ0) is 15.3. The van der Waals surface area contributed by atoms with Gasteiger partial charge in [-0.05, 0) is 26.0 Å². The predicted octanol–water partition coefficient (Wildman–Crippen LogP) is 5.46. The quantitative estimate of drug-likeness (QED) is 0.261. The predicted molar refractivity (Wildman–Crippen MR) is 91.6 cm³/mol. The number of hydrogen-bond acceptors (Lipinski definition) is 3. The van der Waals surface area contributed by atoms with E-state index in [0.29, 0.717) is 19.1 Å². The highest BCUT2D eigenvalue weighted by molar-refractivity contribution is 7.80. The molecule has 0 aromatic rings. The van der Waals surface area contributed by atoms with Crippen molar-refractivity contribution in [1.82, 2.24) is 0 Å². The van der Waals surface area contributed by atoms with Crippen molar-refractivity contribution in [3.8, 4) is 0 Å². The zero-order valence-corrected chi connectivity index (χ0v) is 15.0. The molecule has 0 saturated carbocycles. The van der Waals surface area contributed by atoms with E-state index in [4.69, 9.17) is 9.47 Å². The van der Waals surface area contributed by atoms with Gasteiger partial charge in [-0.1, -0.05) is 52.4 Å². The Hall–Kier alpha value is 0.270. The second kappa shape index (κ2) is 13.0. The van der Waals surface area contributed by atoms with Crippen LogP contribution in [0, 0.1) is 5.92 Å². The van der Waals surface area contributed by atoms with Gasteiger partial charge in [-0.15, -0.1) is 0 Å². The van der Waals surface area contributed by atoms with E-state index in [0.717, 1.165) is 12.2 Å². The minimum absolute atomic E-state index is 0.422. The molecule has 1 unspecified atom stereocenters. The van der Waals surface area contributed by atoms with Crippen LogP contribution in [0.3, 0.4) is 0 Å². The van der Waals surface area contributed by atoms with Crippen LogP contribution in [0.1, 0.15) is 79.1 Å². The largest absolute Gasteiger partial charge is 0.350 e. The first-order valence-electron chi connectivity index (χ1n) is 8.55. The monoisotopic (exact) mass is 304 g/mol. The molecule has 0 spiro atoms. The fraction of sp³-hybridized carbons (Fsp3) is 1.00. The first kappa shape index (κ1) is 20.3. The summed E-state index contributed by atoms with van der Waals surface area (Å²) in [5.41, 5.74) is 0. The molecule has 0 rings (SSSR count). The van der Waals surface area contributed by atoms with Crippen molar-refractivity contribution in [3.63, 3.8) is 0 Å². The van der Waals surface area contributed by atoms with Crippen LogP contribution < -0.4 is 0 Å². The van der Waals surface area contributed by atoms with E-state index in [1.807, 2.05) is 13.8 Å². The second-order valence-electron chi connectivity index (χ2n) is 5.61. The number of hydrogen-bond donors (Lipinski definition) is 1. The Morgan fingerprint density at radius 1 is 0.900 bits per heavy atom. The number of ether oxygens (including phenoxy) is 2. The van der Waals surface area contributed by atoms with Crippen molar-refractivity contribution in [3.05, 3.63) is 0 Å². The molecule has 0 aromatic heterocycles. The smallest absolute Gasteiger partial charge is 0.171 e. The summed E-state index contributed by atoms with van der Waals surface area (Å²) in [4.78, 5) is 0. The van der Waals surface area contributed by atoms with E-state index in [1.165, 1.54) is 44.9 Å². The molecule has 0 radical (unpaired) electrons.